The average molecular weight is 440 g/mol. The Bertz CT molecular complexity index is 1390. The second-order valence-corrected chi connectivity index (χ2v) is 7.89. The third-order valence-corrected chi connectivity index (χ3v) is 5.51. The molecule has 0 atom stereocenters. The van der Waals surface area contributed by atoms with Gasteiger partial charge in [-0.1, -0.05) is 48.0 Å². The van der Waals surface area contributed by atoms with Gasteiger partial charge < -0.3 is 10.1 Å². The van der Waals surface area contributed by atoms with Crippen LogP contribution in [0.1, 0.15) is 27.2 Å². The molecule has 0 aliphatic rings. The van der Waals surface area contributed by atoms with E-state index in [0.717, 1.165) is 16.8 Å². The molecule has 1 amide bonds. The van der Waals surface area contributed by atoms with E-state index in [4.69, 9.17) is 4.74 Å². The molecule has 4 rings (SSSR count). The Morgan fingerprint density at radius 3 is 2.36 bits per heavy atom. The van der Waals surface area contributed by atoms with Crippen LogP contribution in [0.15, 0.2) is 77.6 Å². The maximum absolute atomic E-state index is 13.3. The summed E-state index contributed by atoms with van der Waals surface area (Å²) in [6, 6.07) is 22.3. The number of aromatic nitrogens is 2. The van der Waals surface area contributed by atoms with E-state index in [1.807, 2.05) is 74.5 Å². The van der Waals surface area contributed by atoms with Gasteiger partial charge in [-0.3, -0.25) is 9.59 Å². The Morgan fingerprint density at radius 2 is 1.67 bits per heavy atom. The topological polar surface area (TPSA) is 73.2 Å². The number of carbonyl (C=O) groups excluding carboxylic acids is 1. The third-order valence-electron chi connectivity index (χ3n) is 5.51. The van der Waals surface area contributed by atoms with Crippen molar-refractivity contribution in [2.75, 3.05) is 12.4 Å². The maximum Gasteiger partial charge on any atom is 0.257 e. The van der Waals surface area contributed by atoms with Crippen LogP contribution in [-0.4, -0.2) is 22.8 Å². The van der Waals surface area contributed by atoms with E-state index in [-0.39, 0.29) is 11.3 Å². The monoisotopic (exact) mass is 439 g/mol. The van der Waals surface area contributed by atoms with Gasteiger partial charge in [0.2, 0.25) is 5.43 Å². The van der Waals surface area contributed by atoms with Gasteiger partial charge >= 0.3 is 0 Å². The maximum atomic E-state index is 13.3. The van der Waals surface area contributed by atoms with Crippen LogP contribution in [0.4, 0.5) is 5.82 Å². The Labute approximate surface area is 192 Å². The second-order valence-electron chi connectivity index (χ2n) is 7.89. The molecule has 1 heterocycles. The predicted molar refractivity (Wildman–Crippen MR) is 130 cm³/mol. The van der Waals surface area contributed by atoms with Gasteiger partial charge in [-0.15, -0.1) is 0 Å². The van der Waals surface area contributed by atoms with Crippen LogP contribution in [0.3, 0.4) is 0 Å². The summed E-state index contributed by atoms with van der Waals surface area (Å²) < 4.78 is 6.98. The fourth-order valence-corrected chi connectivity index (χ4v) is 3.68. The minimum atomic E-state index is -0.317. The summed E-state index contributed by atoms with van der Waals surface area (Å²) in [5, 5.41) is 7.50. The summed E-state index contributed by atoms with van der Waals surface area (Å²) in [7, 11) is 1.57. The van der Waals surface area contributed by atoms with Crippen molar-refractivity contribution in [2.24, 2.45) is 0 Å². The fourth-order valence-electron chi connectivity index (χ4n) is 3.68. The van der Waals surface area contributed by atoms with Crippen molar-refractivity contribution in [3.8, 4) is 22.6 Å². The summed E-state index contributed by atoms with van der Waals surface area (Å²) in [6.07, 6.45) is 0. The number of nitrogens with zero attached hydrogens (tertiary/aromatic N) is 2. The van der Waals surface area contributed by atoms with Crippen molar-refractivity contribution in [3.63, 3.8) is 0 Å². The van der Waals surface area contributed by atoms with Gasteiger partial charge in [0.15, 0.2) is 0 Å². The van der Waals surface area contributed by atoms with Crippen LogP contribution in [0.5, 0.6) is 5.75 Å². The first-order chi connectivity index (χ1) is 15.9. The van der Waals surface area contributed by atoms with Crippen LogP contribution in [0, 0.1) is 20.8 Å². The molecule has 6 heteroatoms. The SMILES string of the molecule is COc1cccc(-c2c(NC(=O)c3ccccc3C)n(-c3ccc(C)cc3)nc(C)c2=O)c1. The third kappa shape index (κ3) is 4.41. The van der Waals surface area contributed by atoms with Crippen LogP contribution in [0.25, 0.3) is 16.8 Å². The van der Waals surface area contributed by atoms with Crippen molar-refractivity contribution in [1.82, 2.24) is 9.78 Å². The molecule has 0 aliphatic carbocycles. The van der Waals surface area contributed by atoms with Gasteiger partial charge in [0.25, 0.3) is 5.91 Å². The zero-order chi connectivity index (χ0) is 23.5. The fraction of sp³-hybridized carbons (Fsp3) is 0.148. The molecule has 0 fully saturated rings. The number of carbonyl (C=O) groups is 1. The van der Waals surface area contributed by atoms with Gasteiger partial charge in [0.05, 0.1) is 18.4 Å². The number of hydrogen-bond acceptors (Lipinski definition) is 4. The molecule has 33 heavy (non-hydrogen) atoms. The van der Waals surface area contributed by atoms with E-state index < -0.39 is 0 Å². The Balaban J connectivity index is 1.98. The molecule has 4 aromatic rings. The lowest BCUT2D eigenvalue weighted by Crippen LogP contribution is -2.25. The molecular formula is C27H25N3O3. The minimum Gasteiger partial charge on any atom is -0.497 e. The van der Waals surface area contributed by atoms with E-state index in [1.165, 1.54) is 0 Å². The molecule has 0 saturated heterocycles. The van der Waals surface area contributed by atoms with E-state index >= 15 is 0 Å². The van der Waals surface area contributed by atoms with Crippen molar-refractivity contribution >= 4 is 11.7 Å². The van der Waals surface area contributed by atoms with Crippen molar-refractivity contribution in [1.29, 1.82) is 0 Å². The lowest BCUT2D eigenvalue weighted by Gasteiger charge is -2.19. The number of ether oxygens (including phenoxy) is 1. The Morgan fingerprint density at radius 1 is 0.939 bits per heavy atom. The highest BCUT2D eigenvalue weighted by Gasteiger charge is 2.21. The molecule has 0 spiro atoms. The number of benzene rings is 3. The van der Waals surface area contributed by atoms with Crippen LogP contribution in [-0.2, 0) is 0 Å². The first-order valence-corrected chi connectivity index (χ1v) is 10.6. The van der Waals surface area contributed by atoms with E-state index in [2.05, 4.69) is 10.4 Å². The van der Waals surface area contributed by atoms with Gasteiger partial charge in [-0.2, -0.15) is 5.10 Å². The number of methoxy groups -OCH3 is 1. The van der Waals surface area contributed by atoms with Crippen molar-refractivity contribution in [2.45, 2.75) is 20.8 Å². The molecule has 3 aromatic carbocycles. The van der Waals surface area contributed by atoms with E-state index in [0.29, 0.717) is 34.0 Å². The minimum absolute atomic E-state index is 0.258. The molecular weight excluding hydrogens is 414 g/mol. The highest BCUT2D eigenvalue weighted by atomic mass is 16.5. The standard InChI is InChI=1S/C27H25N3O3/c1-17-12-14-21(15-13-17)30-26(28-27(32)23-11-6-5-8-18(23)2)24(25(31)19(3)29-30)20-9-7-10-22(16-20)33-4/h5-16H,1-4H3,(H,28,32). The van der Waals surface area contributed by atoms with Crippen LogP contribution in [0.2, 0.25) is 0 Å². The lowest BCUT2D eigenvalue weighted by atomic mass is 10.0. The number of nitrogens with one attached hydrogen (secondary N) is 1. The zero-order valence-electron chi connectivity index (χ0n) is 19.0. The Kier molecular flexibility index (Phi) is 6.09. The normalized spacial score (nSPS) is 10.7. The lowest BCUT2D eigenvalue weighted by molar-refractivity contribution is 0.102. The largest absolute Gasteiger partial charge is 0.497 e. The molecule has 0 unspecified atom stereocenters. The number of anilines is 1. The number of aryl methyl sites for hydroxylation is 3. The first kappa shape index (κ1) is 22.0. The van der Waals surface area contributed by atoms with E-state index in [1.54, 1.807) is 30.8 Å². The molecule has 1 N–H and O–H groups in total. The number of amides is 1. The number of rotatable bonds is 5. The van der Waals surface area contributed by atoms with Gasteiger partial charge in [0, 0.05) is 5.56 Å². The van der Waals surface area contributed by atoms with Crippen molar-refractivity contribution in [3.05, 3.63) is 105 Å². The van der Waals surface area contributed by atoms with Crippen LogP contribution < -0.4 is 15.5 Å². The highest BCUT2D eigenvalue weighted by Crippen LogP contribution is 2.30. The van der Waals surface area contributed by atoms with Crippen LogP contribution >= 0.6 is 0 Å². The van der Waals surface area contributed by atoms with Gasteiger partial charge in [-0.25, -0.2) is 4.68 Å². The summed E-state index contributed by atoms with van der Waals surface area (Å²) in [5.41, 5.74) is 4.23. The van der Waals surface area contributed by atoms with Crippen molar-refractivity contribution < 1.29 is 9.53 Å². The summed E-state index contributed by atoms with van der Waals surface area (Å²) in [4.78, 5) is 26.6. The molecule has 0 bridgehead atoms. The van der Waals surface area contributed by atoms with E-state index in [9.17, 15) is 9.59 Å². The number of hydrogen-bond donors (Lipinski definition) is 1. The Hall–Kier alpha value is -4.19. The smallest absolute Gasteiger partial charge is 0.257 e. The molecule has 6 nitrogen and oxygen atoms in total. The van der Waals surface area contributed by atoms with Gasteiger partial charge in [-0.05, 0) is 62.2 Å². The molecule has 166 valence electrons. The second kappa shape index (κ2) is 9.12. The molecule has 1 aromatic heterocycles. The van der Waals surface area contributed by atoms with Gasteiger partial charge in [0.1, 0.15) is 17.3 Å². The predicted octanol–water partition coefficient (Wildman–Crippen LogP) is 5.09. The quantitative estimate of drug-likeness (QED) is 0.470. The zero-order valence-corrected chi connectivity index (χ0v) is 19.0. The summed E-state index contributed by atoms with van der Waals surface area (Å²) in [5.74, 6) is 0.596. The molecule has 0 saturated carbocycles. The highest BCUT2D eigenvalue weighted by molar-refractivity contribution is 6.06. The average Bonchev–Trinajstić information content (AvgIpc) is 2.82. The first-order valence-electron chi connectivity index (χ1n) is 10.6. The molecule has 0 radical (unpaired) electrons. The summed E-state index contributed by atoms with van der Waals surface area (Å²) in [6.45, 7) is 5.54. The summed E-state index contributed by atoms with van der Waals surface area (Å²) >= 11 is 0. The molecule has 0 aliphatic heterocycles.